The molecule has 0 unspecified atom stereocenters. The number of benzene rings is 1. The highest BCUT2D eigenvalue weighted by Crippen LogP contribution is 2.39. The molecule has 1 heterocycles. The molecular formula is C20H28N2O4S. The lowest BCUT2D eigenvalue weighted by Crippen LogP contribution is -2.30. The van der Waals surface area contributed by atoms with Gasteiger partial charge in [-0.05, 0) is 36.5 Å². The first-order chi connectivity index (χ1) is 12.8. The molecule has 0 aliphatic rings. The summed E-state index contributed by atoms with van der Waals surface area (Å²) in [6.45, 7) is 9.42. The van der Waals surface area contributed by atoms with E-state index in [2.05, 4.69) is 24.5 Å². The molecule has 2 amide bonds. The second-order valence-electron chi connectivity index (χ2n) is 7.23. The lowest BCUT2D eigenvalue weighted by Gasteiger charge is -2.11. The molecule has 148 valence electrons. The highest BCUT2D eigenvalue weighted by Gasteiger charge is 2.21. The van der Waals surface area contributed by atoms with Crippen LogP contribution in [0.5, 0.6) is 5.75 Å². The van der Waals surface area contributed by atoms with Crippen LogP contribution in [-0.2, 0) is 4.74 Å². The zero-order valence-electron chi connectivity index (χ0n) is 16.5. The van der Waals surface area contributed by atoms with Crippen molar-refractivity contribution in [1.29, 1.82) is 0 Å². The molecule has 27 heavy (non-hydrogen) atoms. The number of carbonyl (C=O) groups excluding carboxylic acids is 2. The predicted octanol–water partition coefficient (Wildman–Crippen LogP) is 4.89. The van der Waals surface area contributed by atoms with Crippen LogP contribution in [0.25, 0.3) is 10.1 Å². The maximum atomic E-state index is 12.1. The number of esters is 1. The van der Waals surface area contributed by atoms with Gasteiger partial charge in [0.25, 0.3) is 0 Å². The third kappa shape index (κ3) is 5.85. The lowest BCUT2D eigenvalue weighted by molar-refractivity contribution is 0.0601. The monoisotopic (exact) mass is 392 g/mol. The topological polar surface area (TPSA) is 76.7 Å². The van der Waals surface area contributed by atoms with Gasteiger partial charge < -0.3 is 20.1 Å². The molecule has 1 aromatic heterocycles. The van der Waals surface area contributed by atoms with Crippen LogP contribution in [0.2, 0.25) is 0 Å². The van der Waals surface area contributed by atoms with Gasteiger partial charge in [0.05, 0.1) is 13.7 Å². The standard InChI is InChI=1S/C20H28N2O4S/c1-12(2)8-9-21-20(24)22-14-6-7-16-15(10-14)17(26-11-13(3)4)18(27-16)19(23)25-5/h6-7,10,12-13H,8-9,11H2,1-5H3,(H2,21,22,24). The Labute approximate surface area is 164 Å². The van der Waals surface area contributed by atoms with E-state index in [4.69, 9.17) is 9.47 Å². The molecule has 0 atom stereocenters. The Morgan fingerprint density at radius 3 is 2.52 bits per heavy atom. The molecule has 7 heteroatoms. The molecule has 0 saturated heterocycles. The van der Waals surface area contributed by atoms with Crippen molar-refractivity contribution in [2.24, 2.45) is 11.8 Å². The predicted molar refractivity (Wildman–Crippen MR) is 110 cm³/mol. The number of methoxy groups -OCH3 is 1. The van der Waals surface area contributed by atoms with Crippen molar-refractivity contribution in [1.82, 2.24) is 5.32 Å². The molecule has 0 radical (unpaired) electrons. The average molecular weight is 393 g/mol. The summed E-state index contributed by atoms with van der Waals surface area (Å²) in [5.74, 6) is 0.943. The Hall–Kier alpha value is -2.28. The maximum Gasteiger partial charge on any atom is 0.351 e. The molecule has 0 aliphatic heterocycles. The number of amides is 2. The Morgan fingerprint density at radius 2 is 1.89 bits per heavy atom. The van der Waals surface area contributed by atoms with Crippen molar-refractivity contribution in [2.75, 3.05) is 25.6 Å². The second kappa shape index (κ2) is 9.60. The van der Waals surface area contributed by atoms with Crippen LogP contribution < -0.4 is 15.4 Å². The van der Waals surface area contributed by atoms with E-state index in [1.807, 2.05) is 32.0 Å². The number of carbonyl (C=O) groups is 2. The van der Waals surface area contributed by atoms with Crippen LogP contribution in [0.1, 0.15) is 43.8 Å². The highest BCUT2D eigenvalue weighted by atomic mass is 32.1. The average Bonchev–Trinajstić information content (AvgIpc) is 2.96. The van der Waals surface area contributed by atoms with Gasteiger partial charge in [0.2, 0.25) is 0 Å². The normalized spacial score (nSPS) is 11.1. The van der Waals surface area contributed by atoms with Gasteiger partial charge in [-0.1, -0.05) is 27.7 Å². The quantitative estimate of drug-likeness (QED) is 0.627. The molecular weight excluding hydrogens is 364 g/mol. The number of fused-ring (bicyclic) bond motifs is 1. The maximum absolute atomic E-state index is 12.1. The van der Waals surface area contributed by atoms with E-state index in [0.29, 0.717) is 41.3 Å². The number of anilines is 1. The molecule has 0 fully saturated rings. The van der Waals surface area contributed by atoms with E-state index in [1.54, 1.807) is 0 Å². The molecule has 0 saturated carbocycles. The molecule has 1 aromatic carbocycles. The van der Waals surface area contributed by atoms with Crippen LogP contribution in [0.4, 0.5) is 10.5 Å². The van der Waals surface area contributed by atoms with Gasteiger partial charge in [0.15, 0.2) is 10.6 Å². The summed E-state index contributed by atoms with van der Waals surface area (Å²) < 4.78 is 11.7. The number of ether oxygens (including phenoxy) is 2. The summed E-state index contributed by atoms with van der Waals surface area (Å²) in [5.41, 5.74) is 0.646. The molecule has 0 spiro atoms. The molecule has 6 nitrogen and oxygen atoms in total. The summed E-state index contributed by atoms with van der Waals surface area (Å²) >= 11 is 1.33. The van der Waals surface area contributed by atoms with Crippen molar-refractivity contribution in [3.63, 3.8) is 0 Å². The summed E-state index contributed by atoms with van der Waals surface area (Å²) in [6.07, 6.45) is 0.923. The van der Waals surface area contributed by atoms with E-state index in [1.165, 1.54) is 18.4 Å². The van der Waals surface area contributed by atoms with Gasteiger partial charge in [-0.15, -0.1) is 11.3 Å². The largest absolute Gasteiger partial charge is 0.491 e. The van der Waals surface area contributed by atoms with Crippen LogP contribution in [0, 0.1) is 11.8 Å². The second-order valence-corrected chi connectivity index (χ2v) is 8.28. The number of thiophene rings is 1. The minimum absolute atomic E-state index is 0.247. The van der Waals surface area contributed by atoms with Gasteiger partial charge >= 0.3 is 12.0 Å². The van der Waals surface area contributed by atoms with E-state index < -0.39 is 5.97 Å². The number of hydrogen-bond acceptors (Lipinski definition) is 5. The fourth-order valence-electron chi connectivity index (χ4n) is 2.42. The van der Waals surface area contributed by atoms with Gasteiger partial charge in [0.1, 0.15) is 0 Å². The Kier molecular flexibility index (Phi) is 7.47. The van der Waals surface area contributed by atoms with Crippen molar-refractivity contribution >= 4 is 39.1 Å². The van der Waals surface area contributed by atoms with Crippen molar-refractivity contribution in [3.8, 4) is 5.75 Å². The van der Waals surface area contributed by atoms with Crippen LogP contribution >= 0.6 is 11.3 Å². The number of nitrogens with one attached hydrogen (secondary N) is 2. The van der Waals surface area contributed by atoms with Crippen LogP contribution in [-0.4, -0.2) is 32.3 Å². The highest BCUT2D eigenvalue weighted by molar-refractivity contribution is 7.21. The minimum atomic E-state index is -0.420. The minimum Gasteiger partial charge on any atom is -0.491 e. The van der Waals surface area contributed by atoms with Gasteiger partial charge in [-0.2, -0.15) is 0 Å². The van der Waals surface area contributed by atoms with E-state index in [9.17, 15) is 9.59 Å². The van der Waals surface area contributed by atoms with Crippen molar-refractivity contribution in [3.05, 3.63) is 23.1 Å². The van der Waals surface area contributed by atoms with Crippen molar-refractivity contribution < 1.29 is 19.1 Å². The number of urea groups is 1. The lowest BCUT2D eigenvalue weighted by atomic mass is 10.1. The Balaban J connectivity index is 2.24. The zero-order chi connectivity index (χ0) is 20.0. The molecule has 2 aromatic rings. The SMILES string of the molecule is COC(=O)c1sc2ccc(NC(=O)NCCC(C)C)cc2c1OCC(C)C. The van der Waals surface area contributed by atoms with Crippen molar-refractivity contribution in [2.45, 2.75) is 34.1 Å². The summed E-state index contributed by atoms with van der Waals surface area (Å²) in [6, 6.07) is 5.27. The molecule has 2 rings (SSSR count). The summed E-state index contributed by atoms with van der Waals surface area (Å²) in [5, 5.41) is 6.47. The number of rotatable bonds is 8. The van der Waals surface area contributed by atoms with Gasteiger partial charge in [0, 0.05) is 22.3 Å². The first-order valence-electron chi connectivity index (χ1n) is 9.14. The Morgan fingerprint density at radius 1 is 1.15 bits per heavy atom. The van der Waals surface area contributed by atoms with E-state index in [0.717, 1.165) is 16.5 Å². The first-order valence-corrected chi connectivity index (χ1v) is 9.96. The van der Waals surface area contributed by atoms with E-state index >= 15 is 0 Å². The molecule has 0 aliphatic carbocycles. The smallest absolute Gasteiger partial charge is 0.351 e. The van der Waals surface area contributed by atoms with Crippen LogP contribution in [0.3, 0.4) is 0 Å². The van der Waals surface area contributed by atoms with Gasteiger partial charge in [-0.25, -0.2) is 9.59 Å². The van der Waals surface area contributed by atoms with Crippen LogP contribution in [0.15, 0.2) is 18.2 Å². The third-order valence-electron chi connectivity index (χ3n) is 3.84. The van der Waals surface area contributed by atoms with E-state index in [-0.39, 0.29) is 6.03 Å². The Bertz CT molecular complexity index is 799. The third-order valence-corrected chi connectivity index (χ3v) is 4.97. The fourth-order valence-corrected chi connectivity index (χ4v) is 3.47. The van der Waals surface area contributed by atoms with Gasteiger partial charge in [-0.3, -0.25) is 0 Å². The molecule has 2 N–H and O–H groups in total. The summed E-state index contributed by atoms with van der Waals surface area (Å²) in [7, 11) is 1.35. The summed E-state index contributed by atoms with van der Waals surface area (Å²) in [4.78, 5) is 24.6. The zero-order valence-corrected chi connectivity index (χ0v) is 17.4. The number of hydrogen-bond donors (Lipinski definition) is 2. The first kappa shape index (κ1) is 21.0. The fraction of sp³-hybridized carbons (Fsp3) is 0.500. The molecule has 0 bridgehead atoms.